The molecule has 0 radical (unpaired) electrons. The predicted octanol–water partition coefficient (Wildman–Crippen LogP) is 2.08. The highest BCUT2D eigenvalue weighted by atomic mass is 19.1. The zero-order valence-electron chi connectivity index (χ0n) is 22.0. The smallest absolute Gasteiger partial charge is 0.414 e. The first kappa shape index (κ1) is 27.2. The van der Waals surface area contributed by atoms with Crippen LogP contribution in [0.4, 0.5) is 20.6 Å². The number of halogens is 1. The molecule has 0 spiro atoms. The third-order valence-electron chi connectivity index (χ3n) is 6.45. The van der Waals surface area contributed by atoms with Crippen LogP contribution in [0.2, 0.25) is 0 Å². The van der Waals surface area contributed by atoms with Crippen molar-refractivity contribution >= 4 is 29.3 Å². The Kier molecular flexibility index (Phi) is 8.67. The lowest BCUT2D eigenvalue weighted by Crippen LogP contribution is -2.50. The number of anilines is 2. The van der Waals surface area contributed by atoms with E-state index in [2.05, 4.69) is 10.2 Å². The first-order valence-corrected chi connectivity index (χ1v) is 12.6. The maximum atomic E-state index is 15.0. The maximum Gasteiger partial charge on any atom is 0.414 e. The molecule has 1 unspecified atom stereocenters. The van der Waals surface area contributed by atoms with Crippen LogP contribution in [-0.2, 0) is 20.9 Å². The van der Waals surface area contributed by atoms with E-state index in [0.29, 0.717) is 43.3 Å². The fraction of sp³-hybridized carbons (Fsp3) is 0.444. The van der Waals surface area contributed by atoms with Crippen LogP contribution in [0.5, 0.6) is 5.75 Å². The monoisotopic (exact) mass is 527 g/mol. The van der Waals surface area contributed by atoms with Gasteiger partial charge in [0.2, 0.25) is 5.91 Å². The lowest BCUT2D eigenvalue weighted by atomic mass is 10.2. The quantitative estimate of drug-likeness (QED) is 0.534. The Morgan fingerprint density at radius 1 is 1.11 bits per heavy atom. The van der Waals surface area contributed by atoms with Crippen LogP contribution in [0.15, 0.2) is 42.5 Å². The molecule has 10 nitrogen and oxygen atoms in total. The van der Waals surface area contributed by atoms with Crippen molar-refractivity contribution in [2.75, 3.05) is 69.8 Å². The summed E-state index contributed by atoms with van der Waals surface area (Å²) in [6, 6.07) is 12.3. The topological polar surface area (TPSA) is 94.7 Å². The Labute approximate surface area is 221 Å². The molecule has 2 aliphatic rings. The van der Waals surface area contributed by atoms with Crippen LogP contribution in [0.3, 0.4) is 0 Å². The third kappa shape index (κ3) is 6.91. The lowest BCUT2D eigenvalue weighted by molar-refractivity contribution is -0.133. The summed E-state index contributed by atoms with van der Waals surface area (Å²) >= 11 is 0. The van der Waals surface area contributed by atoms with Gasteiger partial charge in [-0.1, -0.05) is 12.1 Å². The Hall–Kier alpha value is -3.86. The largest absolute Gasteiger partial charge is 0.484 e. The highest BCUT2D eigenvalue weighted by Crippen LogP contribution is 2.28. The lowest BCUT2D eigenvalue weighted by Gasteiger charge is -2.36. The number of carbonyl (C=O) groups excluding carboxylic acids is 3. The molecule has 11 heteroatoms. The predicted molar refractivity (Wildman–Crippen MR) is 141 cm³/mol. The van der Waals surface area contributed by atoms with Crippen LogP contribution in [0, 0.1) is 5.82 Å². The van der Waals surface area contributed by atoms with Gasteiger partial charge in [-0.25, -0.2) is 9.18 Å². The van der Waals surface area contributed by atoms with Gasteiger partial charge in [-0.05, 0) is 50.0 Å². The molecule has 2 heterocycles. The number of benzene rings is 2. The van der Waals surface area contributed by atoms with Gasteiger partial charge in [0.15, 0.2) is 6.61 Å². The number of nitrogens with one attached hydrogen (secondary N) is 1. The third-order valence-corrected chi connectivity index (χ3v) is 6.45. The number of rotatable bonds is 9. The molecule has 0 aromatic heterocycles. The Morgan fingerprint density at radius 3 is 2.45 bits per heavy atom. The van der Waals surface area contributed by atoms with Crippen molar-refractivity contribution in [3.8, 4) is 5.75 Å². The van der Waals surface area contributed by atoms with Gasteiger partial charge in [0.1, 0.15) is 17.7 Å². The second-order valence-electron chi connectivity index (χ2n) is 9.73. The van der Waals surface area contributed by atoms with E-state index in [0.717, 1.165) is 12.1 Å². The molecular formula is C27H34FN5O5. The van der Waals surface area contributed by atoms with E-state index in [9.17, 15) is 14.4 Å². The molecule has 1 N–H and O–H groups in total. The Balaban J connectivity index is 1.26. The summed E-state index contributed by atoms with van der Waals surface area (Å²) in [5.74, 6) is -0.139. The number of amides is 3. The minimum atomic E-state index is -0.577. The van der Waals surface area contributed by atoms with E-state index in [-0.39, 0.29) is 31.5 Å². The summed E-state index contributed by atoms with van der Waals surface area (Å²) in [4.78, 5) is 43.0. The molecule has 0 saturated carbocycles. The Bertz CT molecular complexity index is 1150. The van der Waals surface area contributed by atoms with E-state index in [1.165, 1.54) is 17.9 Å². The fourth-order valence-corrected chi connectivity index (χ4v) is 4.51. The van der Waals surface area contributed by atoms with Crippen LogP contribution >= 0.6 is 0 Å². The molecule has 2 aromatic rings. The van der Waals surface area contributed by atoms with Gasteiger partial charge < -0.3 is 29.5 Å². The van der Waals surface area contributed by atoms with Crippen molar-refractivity contribution in [2.45, 2.75) is 19.6 Å². The second-order valence-corrected chi connectivity index (χ2v) is 9.73. The molecule has 0 bridgehead atoms. The van der Waals surface area contributed by atoms with E-state index in [1.54, 1.807) is 17.0 Å². The van der Waals surface area contributed by atoms with Gasteiger partial charge in [0, 0.05) is 39.6 Å². The van der Waals surface area contributed by atoms with Gasteiger partial charge in [0.05, 0.1) is 24.5 Å². The summed E-state index contributed by atoms with van der Waals surface area (Å²) in [7, 11) is 4.01. The fourth-order valence-electron chi connectivity index (χ4n) is 4.51. The molecule has 204 valence electrons. The van der Waals surface area contributed by atoms with Crippen molar-refractivity contribution in [2.24, 2.45) is 0 Å². The molecule has 2 aromatic carbocycles. The molecule has 2 fully saturated rings. The Morgan fingerprint density at radius 2 is 1.82 bits per heavy atom. The first-order chi connectivity index (χ1) is 18.2. The summed E-state index contributed by atoms with van der Waals surface area (Å²) in [5.41, 5.74) is 1.97. The van der Waals surface area contributed by atoms with E-state index >= 15 is 4.39 Å². The van der Waals surface area contributed by atoms with Crippen molar-refractivity contribution in [3.05, 3.63) is 53.8 Å². The van der Waals surface area contributed by atoms with Gasteiger partial charge in [-0.2, -0.15) is 0 Å². The SMILES string of the molecule is CC(=O)NCC1CN(c2ccc(N3CCN(C(=O)COc4ccc(CN(C)C)cc4)CC3)c(F)c2)C(=O)O1. The number of hydrogen-bond acceptors (Lipinski definition) is 7. The van der Waals surface area contributed by atoms with Gasteiger partial charge in [-0.3, -0.25) is 14.5 Å². The average Bonchev–Trinajstić information content (AvgIpc) is 3.27. The van der Waals surface area contributed by atoms with Gasteiger partial charge in [0.25, 0.3) is 5.91 Å². The first-order valence-electron chi connectivity index (χ1n) is 12.6. The number of cyclic esters (lactones) is 1. The van der Waals surface area contributed by atoms with E-state index in [1.807, 2.05) is 43.3 Å². The molecule has 2 saturated heterocycles. The summed E-state index contributed by atoms with van der Waals surface area (Å²) in [6.07, 6.45) is -1.07. The van der Waals surface area contributed by atoms with Gasteiger partial charge in [-0.15, -0.1) is 0 Å². The number of carbonyl (C=O) groups is 3. The standard InChI is InChI=1S/C27H34FN5O5/c1-19(34)29-15-23-17-33(27(36)38-23)21-6-9-25(24(28)14-21)31-10-12-32(13-11-31)26(35)18-37-22-7-4-20(5-8-22)16-30(2)3/h4-9,14,23H,10-13,15-18H2,1-3H3,(H,29,34). The minimum absolute atomic E-state index is 0.0506. The summed E-state index contributed by atoms with van der Waals surface area (Å²) in [5, 5.41) is 2.62. The van der Waals surface area contributed by atoms with Crippen molar-refractivity contribution in [3.63, 3.8) is 0 Å². The minimum Gasteiger partial charge on any atom is -0.484 e. The number of nitrogens with zero attached hydrogens (tertiary/aromatic N) is 4. The molecule has 38 heavy (non-hydrogen) atoms. The zero-order chi connectivity index (χ0) is 27.2. The van der Waals surface area contributed by atoms with Crippen LogP contribution in [0.25, 0.3) is 0 Å². The number of hydrogen-bond donors (Lipinski definition) is 1. The van der Waals surface area contributed by atoms with Gasteiger partial charge >= 0.3 is 6.09 Å². The summed E-state index contributed by atoms with van der Waals surface area (Å²) < 4.78 is 26.0. The highest BCUT2D eigenvalue weighted by molar-refractivity contribution is 5.90. The molecule has 2 aliphatic heterocycles. The second kappa shape index (κ2) is 12.1. The normalized spacial score (nSPS) is 17.6. The zero-order valence-corrected chi connectivity index (χ0v) is 22.0. The molecule has 0 aliphatic carbocycles. The van der Waals surface area contributed by atoms with Crippen LogP contribution < -0.4 is 19.9 Å². The van der Waals surface area contributed by atoms with Crippen LogP contribution in [-0.4, -0.2) is 93.8 Å². The highest BCUT2D eigenvalue weighted by Gasteiger charge is 2.33. The molecular weight excluding hydrogens is 493 g/mol. The molecule has 4 rings (SSSR count). The van der Waals surface area contributed by atoms with Crippen molar-refractivity contribution in [1.82, 2.24) is 15.1 Å². The summed E-state index contributed by atoms with van der Waals surface area (Å²) in [6.45, 7) is 4.46. The van der Waals surface area contributed by atoms with Crippen LogP contribution in [0.1, 0.15) is 12.5 Å². The van der Waals surface area contributed by atoms with E-state index < -0.39 is 18.0 Å². The molecule has 3 amide bonds. The number of piperazine rings is 1. The maximum absolute atomic E-state index is 15.0. The average molecular weight is 528 g/mol. The number of ether oxygens (including phenoxy) is 2. The van der Waals surface area contributed by atoms with Crippen molar-refractivity contribution < 1.29 is 28.2 Å². The molecule has 1 atom stereocenters. The van der Waals surface area contributed by atoms with E-state index in [4.69, 9.17) is 9.47 Å². The van der Waals surface area contributed by atoms with Crippen molar-refractivity contribution in [1.29, 1.82) is 0 Å².